The van der Waals surface area contributed by atoms with Gasteiger partial charge in [-0.3, -0.25) is 4.79 Å². The second-order valence-electron chi connectivity index (χ2n) is 4.33. The van der Waals surface area contributed by atoms with E-state index in [4.69, 9.17) is 23.2 Å². The number of carbonyl (C=O) groups is 1. The molecule has 2 rings (SSSR count). The summed E-state index contributed by atoms with van der Waals surface area (Å²) in [5.74, 6) is -0.0759. The summed E-state index contributed by atoms with van der Waals surface area (Å²) in [6.45, 7) is 0.450. The average molecular weight is 388 g/mol. The van der Waals surface area contributed by atoms with Gasteiger partial charge in [0.05, 0.1) is 15.7 Å². The molecule has 2 aromatic rings. The molecule has 0 heterocycles. The van der Waals surface area contributed by atoms with Crippen molar-refractivity contribution in [2.45, 2.75) is 6.42 Å². The summed E-state index contributed by atoms with van der Waals surface area (Å²) in [7, 11) is 0. The molecule has 0 aliphatic heterocycles. The Morgan fingerprint density at radius 2 is 1.67 bits per heavy atom. The van der Waals surface area contributed by atoms with Crippen LogP contribution in [0.15, 0.2) is 46.9 Å². The van der Waals surface area contributed by atoms with Gasteiger partial charge < -0.3 is 10.6 Å². The highest BCUT2D eigenvalue weighted by Gasteiger charge is 2.06. The largest absolute Gasteiger partial charge is 0.382 e. The molecule has 0 aliphatic carbocycles. The maximum Gasteiger partial charge on any atom is 0.226 e. The standard InChI is InChI=1S/C15H13BrCl2N2O/c16-10-4-6-11(7-5-10)20-14(21)8-9-19-15-12(17)2-1-3-13(15)18/h1-7,19H,8-9H2,(H,20,21). The Morgan fingerprint density at radius 1 is 1.05 bits per heavy atom. The second kappa shape index (κ2) is 7.69. The minimum Gasteiger partial charge on any atom is -0.382 e. The number of para-hydroxylation sites is 1. The Bertz CT molecular complexity index is 612. The minimum atomic E-state index is -0.0759. The number of hydrogen-bond acceptors (Lipinski definition) is 2. The van der Waals surface area contributed by atoms with Crippen molar-refractivity contribution in [3.63, 3.8) is 0 Å². The molecule has 0 atom stereocenters. The molecule has 0 radical (unpaired) electrons. The Labute approximate surface area is 141 Å². The smallest absolute Gasteiger partial charge is 0.226 e. The Balaban J connectivity index is 1.83. The molecule has 21 heavy (non-hydrogen) atoms. The summed E-state index contributed by atoms with van der Waals surface area (Å²) in [5, 5.41) is 6.97. The van der Waals surface area contributed by atoms with Crippen LogP contribution in [0.1, 0.15) is 6.42 Å². The molecule has 2 aromatic carbocycles. The summed E-state index contributed by atoms with van der Waals surface area (Å²) < 4.78 is 0.968. The molecule has 1 amide bonds. The second-order valence-corrected chi connectivity index (χ2v) is 6.06. The SMILES string of the molecule is O=C(CCNc1c(Cl)cccc1Cl)Nc1ccc(Br)cc1. The van der Waals surface area contributed by atoms with E-state index in [1.807, 2.05) is 24.3 Å². The highest BCUT2D eigenvalue weighted by Crippen LogP contribution is 2.29. The van der Waals surface area contributed by atoms with Crippen molar-refractivity contribution in [2.24, 2.45) is 0 Å². The summed E-state index contributed by atoms with van der Waals surface area (Å²) >= 11 is 15.4. The van der Waals surface area contributed by atoms with Crippen LogP contribution in [-0.4, -0.2) is 12.5 Å². The first-order valence-corrected chi connectivity index (χ1v) is 7.84. The Kier molecular flexibility index (Phi) is 5.91. The molecule has 0 aliphatic rings. The van der Waals surface area contributed by atoms with Gasteiger partial charge in [0.25, 0.3) is 0 Å². The lowest BCUT2D eigenvalue weighted by molar-refractivity contribution is -0.115. The number of rotatable bonds is 5. The monoisotopic (exact) mass is 386 g/mol. The molecular formula is C15H13BrCl2N2O. The maximum absolute atomic E-state index is 11.8. The van der Waals surface area contributed by atoms with Gasteiger partial charge in [-0.15, -0.1) is 0 Å². The van der Waals surface area contributed by atoms with Gasteiger partial charge in [-0.2, -0.15) is 0 Å². The van der Waals surface area contributed by atoms with E-state index in [0.717, 1.165) is 10.2 Å². The summed E-state index contributed by atoms with van der Waals surface area (Å²) in [5.41, 5.74) is 1.41. The minimum absolute atomic E-state index is 0.0759. The van der Waals surface area contributed by atoms with Crippen LogP contribution < -0.4 is 10.6 Å². The van der Waals surface area contributed by atoms with E-state index < -0.39 is 0 Å². The fourth-order valence-corrected chi connectivity index (χ4v) is 2.52. The first-order chi connectivity index (χ1) is 10.1. The van der Waals surface area contributed by atoms with Crippen LogP contribution in [0, 0.1) is 0 Å². The molecule has 6 heteroatoms. The van der Waals surface area contributed by atoms with Gasteiger partial charge in [-0.1, -0.05) is 45.2 Å². The van der Waals surface area contributed by atoms with Gasteiger partial charge in [0.15, 0.2) is 0 Å². The van der Waals surface area contributed by atoms with Gasteiger partial charge >= 0.3 is 0 Å². The van der Waals surface area contributed by atoms with Crippen molar-refractivity contribution in [1.29, 1.82) is 0 Å². The molecule has 0 saturated heterocycles. The highest BCUT2D eigenvalue weighted by atomic mass is 79.9. The van der Waals surface area contributed by atoms with Crippen molar-refractivity contribution in [2.75, 3.05) is 17.2 Å². The van der Waals surface area contributed by atoms with Crippen LogP contribution in [0.2, 0.25) is 10.0 Å². The molecule has 3 nitrogen and oxygen atoms in total. The summed E-state index contributed by atoms with van der Waals surface area (Å²) in [6, 6.07) is 12.7. The predicted molar refractivity (Wildman–Crippen MR) is 92.3 cm³/mol. The van der Waals surface area contributed by atoms with E-state index in [2.05, 4.69) is 26.6 Å². The molecule has 0 unspecified atom stereocenters. The van der Waals surface area contributed by atoms with E-state index in [1.54, 1.807) is 18.2 Å². The van der Waals surface area contributed by atoms with Gasteiger partial charge in [0.2, 0.25) is 5.91 Å². The highest BCUT2D eigenvalue weighted by molar-refractivity contribution is 9.10. The number of anilines is 2. The lowest BCUT2D eigenvalue weighted by atomic mass is 10.3. The van der Waals surface area contributed by atoms with Crippen LogP contribution in [0.3, 0.4) is 0 Å². The van der Waals surface area contributed by atoms with Crippen LogP contribution in [-0.2, 0) is 4.79 Å². The van der Waals surface area contributed by atoms with Crippen LogP contribution >= 0.6 is 39.1 Å². The zero-order chi connectivity index (χ0) is 15.2. The number of amides is 1. The van der Waals surface area contributed by atoms with Gasteiger partial charge in [-0.25, -0.2) is 0 Å². The maximum atomic E-state index is 11.8. The van der Waals surface area contributed by atoms with Crippen molar-refractivity contribution < 1.29 is 4.79 Å². The normalized spacial score (nSPS) is 10.2. The third-order valence-electron chi connectivity index (χ3n) is 2.74. The number of halogens is 3. The van der Waals surface area contributed by atoms with E-state index in [-0.39, 0.29) is 5.91 Å². The van der Waals surface area contributed by atoms with Crippen molar-refractivity contribution in [3.05, 3.63) is 57.0 Å². The third kappa shape index (κ3) is 4.92. The van der Waals surface area contributed by atoms with Crippen LogP contribution in [0.5, 0.6) is 0 Å². The fraction of sp³-hybridized carbons (Fsp3) is 0.133. The number of hydrogen-bond donors (Lipinski definition) is 2. The van der Waals surface area contributed by atoms with E-state index in [9.17, 15) is 4.79 Å². The van der Waals surface area contributed by atoms with Crippen molar-refractivity contribution in [3.8, 4) is 0 Å². The zero-order valence-electron chi connectivity index (χ0n) is 11.0. The quantitative estimate of drug-likeness (QED) is 0.740. The van der Waals surface area contributed by atoms with Crippen LogP contribution in [0.4, 0.5) is 11.4 Å². The van der Waals surface area contributed by atoms with E-state index in [1.165, 1.54) is 0 Å². The molecule has 110 valence electrons. The molecule has 0 spiro atoms. The van der Waals surface area contributed by atoms with Gasteiger partial charge in [0, 0.05) is 23.1 Å². The van der Waals surface area contributed by atoms with Gasteiger partial charge in [0.1, 0.15) is 0 Å². The first-order valence-electron chi connectivity index (χ1n) is 6.29. The number of nitrogens with one attached hydrogen (secondary N) is 2. The predicted octanol–water partition coefficient (Wildman–Crippen LogP) is 5.20. The number of carbonyl (C=O) groups excluding carboxylic acids is 1. The average Bonchev–Trinajstić information content (AvgIpc) is 2.45. The first kappa shape index (κ1) is 16.1. The molecule has 0 saturated carbocycles. The lowest BCUT2D eigenvalue weighted by Gasteiger charge is -2.10. The van der Waals surface area contributed by atoms with E-state index >= 15 is 0 Å². The van der Waals surface area contributed by atoms with Crippen LogP contribution in [0.25, 0.3) is 0 Å². The Hall–Kier alpha value is -1.23. The molecular weight excluding hydrogens is 375 g/mol. The number of benzene rings is 2. The van der Waals surface area contributed by atoms with Gasteiger partial charge in [-0.05, 0) is 36.4 Å². The lowest BCUT2D eigenvalue weighted by Crippen LogP contribution is -2.16. The third-order valence-corrected chi connectivity index (χ3v) is 3.90. The van der Waals surface area contributed by atoms with Crippen molar-refractivity contribution in [1.82, 2.24) is 0 Å². The summed E-state index contributed by atoms with van der Waals surface area (Å²) in [4.78, 5) is 11.8. The van der Waals surface area contributed by atoms with E-state index in [0.29, 0.717) is 28.7 Å². The topological polar surface area (TPSA) is 41.1 Å². The summed E-state index contributed by atoms with van der Waals surface area (Å²) in [6.07, 6.45) is 0.317. The fourth-order valence-electron chi connectivity index (χ4n) is 1.72. The molecule has 0 aromatic heterocycles. The Morgan fingerprint density at radius 3 is 2.29 bits per heavy atom. The molecule has 0 fully saturated rings. The molecule has 0 bridgehead atoms. The zero-order valence-corrected chi connectivity index (χ0v) is 14.1. The van der Waals surface area contributed by atoms with Crippen molar-refractivity contribution >= 4 is 56.4 Å². The molecule has 2 N–H and O–H groups in total.